The summed E-state index contributed by atoms with van der Waals surface area (Å²) in [7, 11) is 0. The monoisotopic (exact) mass is 468 g/mol. The minimum absolute atomic E-state index is 0.131. The van der Waals surface area contributed by atoms with Crippen molar-refractivity contribution >= 4 is 35.1 Å². The lowest BCUT2D eigenvalue weighted by atomic mass is 10.1. The average molecular weight is 469 g/mol. The van der Waals surface area contributed by atoms with Crippen molar-refractivity contribution in [3.8, 4) is 0 Å². The zero-order valence-electron chi connectivity index (χ0n) is 16.4. The van der Waals surface area contributed by atoms with E-state index in [1.165, 1.54) is 17.0 Å². The van der Waals surface area contributed by atoms with Gasteiger partial charge in [-0.3, -0.25) is 19.2 Å². The quantitative estimate of drug-likeness (QED) is 0.642. The minimum atomic E-state index is -4.54. The van der Waals surface area contributed by atoms with Crippen molar-refractivity contribution in [2.24, 2.45) is 0 Å². The Morgan fingerprint density at radius 3 is 2.19 bits per heavy atom. The molecule has 4 rings (SSSR count). The molecule has 2 aliphatic heterocycles. The molecule has 168 valence electrons. The van der Waals surface area contributed by atoms with Crippen molar-refractivity contribution in [3.63, 3.8) is 0 Å². The van der Waals surface area contributed by atoms with Gasteiger partial charge in [0.05, 0.1) is 21.7 Å². The molecule has 2 aromatic rings. The van der Waals surface area contributed by atoms with Crippen LogP contribution in [0.2, 0.25) is 5.02 Å². The molecule has 0 unspecified atom stereocenters. The molecule has 0 atom stereocenters. The number of rotatable bonds is 4. The van der Waals surface area contributed by atoms with Gasteiger partial charge in [-0.05, 0) is 18.2 Å². The zero-order chi connectivity index (χ0) is 23.0. The number of carbonyl (C=O) groups is 3. The summed E-state index contributed by atoms with van der Waals surface area (Å²) < 4.78 is 38.3. The summed E-state index contributed by atoms with van der Waals surface area (Å²) in [6, 6.07) is 7.06. The summed E-state index contributed by atoms with van der Waals surface area (Å²) >= 11 is 5.98. The van der Waals surface area contributed by atoms with Crippen LogP contribution in [0.1, 0.15) is 26.3 Å². The number of anilines is 1. The van der Waals surface area contributed by atoms with Crippen LogP contribution in [0.5, 0.6) is 0 Å². The van der Waals surface area contributed by atoms with Crippen LogP contribution in [-0.2, 0) is 15.8 Å². The molecule has 0 saturated carbocycles. The molecular formula is C20H16ClF3N4O4. The van der Waals surface area contributed by atoms with E-state index < -0.39 is 36.1 Å². The first-order valence-electron chi connectivity index (χ1n) is 9.53. The number of benzene rings is 1. The van der Waals surface area contributed by atoms with Gasteiger partial charge in [-0.15, -0.1) is 5.06 Å². The number of carbonyl (C=O) groups excluding carboxylic acids is 3. The number of fused-ring (bicyclic) bond motifs is 1. The Hall–Kier alpha value is -3.18. The van der Waals surface area contributed by atoms with Gasteiger partial charge in [0.25, 0.3) is 17.7 Å². The van der Waals surface area contributed by atoms with Crippen LogP contribution in [0.25, 0.3) is 0 Å². The maximum absolute atomic E-state index is 12.8. The lowest BCUT2D eigenvalue weighted by Crippen LogP contribution is -2.50. The maximum Gasteiger partial charge on any atom is 0.417 e. The largest absolute Gasteiger partial charge is 0.417 e. The molecule has 0 bridgehead atoms. The Labute approximate surface area is 185 Å². The van der Waals surface area contributed by atoms with E-state index in [0.717, 1.165) is 6.07 Å². The topological polar surface area (TPSA) is 83.0 Å². The van der Waals surface area contributed by atoms with Gasteiger partial charge in [-0.1, -0.05) is 23.7 Å². The fraction of sp³-hybridized carbons (Fsp3) is 0.300. The molecule has 2 aliphatic rings. The van der Waals surface area contributed by atoms with E-state index in [0.29, 0.717) is 11.3 Å². The molecule has 0 radical (unpaired) electrons. The zero-order valence-corrected chi connectivity index (χ0v) is 17.2. The van der Waals surface area contributed by atoms with Crippen molar-refractivity contribution in [1.82, 2.24) is 14.9 Å². The van der Waals surface area contributed by atoms with Gasteiger partial charge in [0, 0.05) is 32.4 Å². The molecule has 32 heavy (non-hydrogen) atoms. The van der Waals surface area contributed by atoms with E-state index in [4.69, 9.17) is 16.4 Å². The standard InChI is InChI=1S/C20H16ClF3N4O4/c21-15-9-12(20(22,23)24)10-25-17(15)27-7-5-26(6-8-27)16(29)11-32-28-18(30)13-3-1-2-4-14(13)19(28)31/h1-4,9-10H,5-8,11H2. The summed E-state index contributed by atoms with van der Waals surface area (Å²) in [5.74, 6) is -1.50. The number of pyridine rings is 1. The van der Waals surface area contributed by atoms with Gasteiger partial charge in [-0.2, -0.15) is 13.2 Å². The number of halogens is 4. The second kappa shape index (κ2) is 8.40. The van der Waals surface area contributed by atoms with Crippen molar-refractivity contribution < 1.29 is 32.4 Å². The first-order chi connectivity index (χ1) is 15.2. The van der Waals surface area contributed by atoms with Gasteiger partial charge in [0.2, 0.25) is 0 Å². The summed E-state index contributed by atoms with van der Waals surface area (Å²) in [5.41, 5.74) is -0.524. The Morgan fingerprint density at radius 1 is 1.06 bits per heavy atom. The Bertz CT molecular complexity index is 1050. The van der Waals surface area contributed by atoms with E-state index in [2.05, 4.69) is 4.98 Å². The molecule has 1 fully saturated rings. The highest BCUT2D eigenvalue weighted by molar-refractivity contribution is 6.33. The van der Waals surface area contributed by atoms with E-state index >= 15 is 0 Å². The Morgan fingerprint density at radius 2 is 1.66 bits per heavy atom. The SMILES string of the molecule is O=C(CON1C(=O)c2ccccc2C1=O)N1CCN(c2ncc(C(F)(F)F)cc2Cl)CC1. The third-order valence-corrected chi connectivity index (χ3v) is 5.43. The number of piperazine rings is 1. The normalized spacial score (nSPS) is 16.6. The van der Waals surface area contributed by atoms with Crippen molar-refractivity contribution in [1.29, 1.82) is 0 Å². The van der Waals surface area contributed by atoms with Gasteiger partial charge in [0.15, 0.2) is 6.61 Å². The van der Waals surface area contributed by atoms with Crippen LogP contribution in [0.4, 0.5) is 19.0 Å². The molecule has 1 aromatic heterocycles. The minimum Gasteiger partial charge on any atom is -0.352 e. The van der Waals surface area contributed by atoms with E-state index in [9.17, 15) is 27.6 Å². The third-order valence-electron chi connectivity index (χ3n) is 5.15. The van der Waals surface area contributed by atoms with E-state index in [1.807, 2.05) is 0 Å². The highest BCUT2D eigenvalue weighted by atomic mass is 35.5. The van der Waals surface area contributed by atoms with Crippen LogP contribution < -0.4 is 4.90 Å². The first kappa shape index (κ1) is 22.0. The number of nitrogens with zero attached hydrogens (tertiary/aromatic N) is 4. The molecule has 0 aliphatic carbocycles. The average Bonchev–Trinajstić information content (AvgIpc) is 3.01. The number of amides is 3. The van der Waals surface area contributed by atoms with Gasteiger partial charge in [-0.25, -0.2) is 4.98 Å². The van der Waals surface area contributed by atoms with Crippen LogP contribution >= 0.6 is 11.6 Å². The molecule has 3 heterocycles. The fourth-order valence-electron chi connectivity index (χ4n) is 3.48. The molecule has 0 N–H and O–H groups in total. The van der Waals surface area contributed by atoms with Crippen molar-refractivity contribution in [3.05, 3.63) is 58.2 Å². The van der Waals surface area contributed by atoms with Crippen LogP contribution in [0.15, 0.2) is 36.5 Å². The molecule has 1 saturated heterocycles. The van der Waals surface area contributed by atoms with Crippen LogP contribution in [-0.4, -0.2) is 65.5 Å². The van der Waals surface area contributed by atoms with Crippen molar-refractivity contribution in [2.45, 2.75) is 6.18 Å². The summed E-state index contributed by atoms with van der Waals surface area (Å²) in [6.07, 6.45) is -3.82. The molecule has 8 nitrogen and oxygen atoms in total. The molecule has 1 aromatic carbocycles. The molecule has 12 heteroatoms. The fourth-order valence-corrected chi connectivity index (χ4v) is 3.77. The van der Waals surface area contributed by atoms with Gasteiger partial charge in [0.1, 0.15) is 5.82 Å². The van der Waals surface area contributed by atoms with E-state index in [-0.39, 0.29) is 48.1 Å². The number of imide groups is 1. The second-order valence-electron chi connectivity index (χ2n) is 7.12. The Kier molecular flexibility index (Phi) is 5.78. The Balaban J connectivity index is 1.32. The molecule has 0 spiro atoms. The third kappa shape index (κ3) is 4.13. The number of aromatic nitrogens is 1. The lowest BCUT2D eigenvalue weighted by molar-refractivity contribution is -0.149. The number of alkyl halides is 3. The highest BCUT2D eigenvalue weighted by Gasteiger charge is 2.37. The number of hydrogen-bond acceptors (Lipinski definition) is 6. The maximum atomic E-state index is 12.8. The summed E-state index contributed by atoms with van der Waals surface area (Å²) in [4.78, 5) is 49.2. The first-order valence-corrected chi connectivity index (χ1v) is 9.91. The second-order valence-corrected chi connectivity index (χ2v) is 7.53. The summed E-state index contributed by atoms with van der Waals surface area (Å²) in [5, 5.41) is 0.443. The van der Waals surface area contributed by atoms with Crippen molar-refractivity contribution in [2.75, 3.05) is 37.7 Å². The predicted molar refractivity (Wildman–Crippen MR) is 106 cm³/mol. The summed E-state index contributed by atoms with van der Waals surface area (Å²) in [6.45, 7) is 0.547. The number of hydrogen-bond donors (Lipinski definition) is 0. The van der Waals surface area contributed by atoms with Crippen LogP contribution in [0, 0.1) is 0 Å². The predicted octanol–water partition coefficient (Wildman–Crippen LogP) is 2.63. The molecular weight excluding hydrogens is 453 g/mol. The van der Waals surface area contributed by atoms with Crippen LogP contribution in [0.3, 0.4) is 0 Å². The van der Waals surface area contributed by atoms with Gasteiger partial charge < -0.3 is 9.80 Å². The van der Waals surface area contributed by atoms with E-state index in [1.54, 1.807) is 17.0 Å². The smallest absolute Gasteiger partial charge is 0.352 e. The molecule has 3 amide bonds. The van der Waals surface area contributed by atoms with Gasteiger partial charge >= 0.3 is 6.18 Å². The lowest BCUT2D eigenvalue weighted by Gasteiger charge is -2.35. The highest BCUT2D eigenvalue weighted by Crippen LogP contribution is 2.33. The number of hydroxylamine groups is 2.